The van der Waals surface area contributed by atoms with Crippen molar-refractivity contribution in [1.82, 2.24) is 4.72 Å². The lowest BCUT2D eigenvalue weighted by Crippen LogP contribution is -2.28. The molecule has 0 spiro atoms. The van der Waals surface area contributed by atoms with Crippen LogP contribution < -0.4 is 10.0 Å². The molecule has 23 heavy (non-hydrogen) atoms. The lowest BCUT2D eigenvalue weighted by atomic mass is 10.2. The summed E-state index contributed by atoms with van der Waals surface area (Å²) in [6.45, 7) is 1.12. The molecule has 120 valence electrons. The van der Waals surface area contributed by atoms with Gasteiger partial charge >= 0.3 is 0 Å². The van der Waals surface area contributed by atoms with Crippen molar-refractivity contribution < 1.29 is 18.0 Å². The molecule has 8 heteroatoms. The molecular formula is C15H13BrN2O4S. The summed E-state index contributed by atoms with van der Waals surface area (Å²) in [4.78, 5) is 22.9. The standard InChI is InChI=1S/C15H13BrN2O4S/c1-10(19)18-23(21,22)14-7-5-13(6-8-14)17-15(20)11-3-2-4-12(16)9-11/h2-9H,1H3,(H,17,20)(H,18,19). The summed E-state index contributed by atoms with van der Waals surface area (Å²) in [5, 5.41) is 2.66. The summed E-state index contributed by atoms with van der Waals surface area (Å²) in [5.41, 5.74) is 0.908. The number of amides is 2. The molecule has 0 bridgehead atoms. The normalized spacial score (nSPS) is 10.9. The Morgan fingerprint density at radius 1 is 1.04 bits per heavy atom. The van der Waals surface area contributed by atoms with Crippen LogP contribution >= 0.6 is 15.9 Å². The molecule has 0 aliphatic rings. The number of sulfonamides is 1. The van der Waals surface area contributed by atoms with Crippen molar-refractivity contribution in [3.8, 4) is 0 Å². The first-order valence-corrected chi connectivity index (χ1v) is 8.76. The van der Waals surface area contributed by atoms with Crippen LogP contribution in [0.4, 0.5) is 5.69 Å². The van der Waals surface area contributed by atoms with Crippen LogP contribution in [0.5, 0.6) is 0 Å². The summed E-state index contributed by atoms with van der Waals surface area (Å²) in [5.74, 6) is -0.985. The summed E-state index contributed by atoms with van der Waals surface area (Å²) < 4.78 is 26.3. The van der Waals surface area contributed by atoms with Crippen LogP contribution in [0.25, 0.3) is 0 Å². The number of anilines is 1. The minimum atomic E-state index is -3.88. The zero-order valence-corrected chi connectivity index (χ0v) is 14.4. The van der Waals surface area contributed by atoms with Crippen molar-refractivity contribution in [2.75, 3.05) is 5.32 Å². The highest BCUT2D eigenvalue weighted by Gasteiger charge is 2.15. The Bertz CT molecular complexity index is 848. The van der Waals surface area contributed by atoms with E-state index in [1.54, 1.807) is 24.3 Å². The highest BCUT2D eigenvalue weighted by atomic mass is 79.9. The van der Waals surface area contributed by atoms with Gasteiger partial charge in [-0.2, -0.15) is 0 Å². The molecule has 0 radical (unpaired) electrons. The van der Waals surface area contributed by atoms with Crippen molar-refractivity contribution in [2.24, 2.45) is 0 Å². The van der Waals surface area contributed by atoms with Gasteiger partial charge in [0.15, 0.2) is 0 Å². The Hall–Kier alpha value is -2.19. The molecule has 0 unspecified atom stereocenters. The number of hydrogen-bond donors (Lipinski definition) is 2. The Balaban J connectivity index is 2.14. The van der Waals surface area contributed by atoms with Gasteiger partial charge in [0, 0.05) is 22.6 Å². The van der Waals surface area contributed by atoms with Gasteiger partial charge in [0.2, 0.25) is 5.91 Å². The Morgan fingerprint density at radius 2 is 1.70 bits per heavy atom. The average Bonchev–Trinajstić information content (AvgIpc) is 2.46. The number of hydrogen-bond acceptors (Lipinski definition) is 4. The summed E-state index contributed by atoms with van der Waals surface area (Å²) >= 11 is 3.29. The van der Waals surface area contributed by atoms with E-state index in [9.17, 15) is 18.0 Å². The van der Waals surface area contributed by atoms with Crippen molar-refractivity contribution in [1.29, 1.82) is 0 Å². The zero-order valence-electron chi connectivity index (χ0n) is 12.0. The van der Waals surface area contributed by atoms with Crippen LogP contribution in [0.3, 0.4) is 0 Å². The molecule has 0 heterocycles. The highest BCUT2D eigenvalue weighted by molar-refractivity contribution is 9.10. The SMILES string of the molecule is CC(=O)NS(=O)(=O)c1ccc(NC(=O)c2cccc(Br)c2)cc1. The van der Waals surface area contributed by atoms with E-state index >= 15 is 0 Å². The van der Waals surface area contributed by atoms with Gasteiger partial charge in [-0.3, -0.25) is 9.59 Å². The van der Waals surface area contributed by atoms with E-state index in [1.165, 1.54) is 24.3 Å². The van der Waals surface area contributed by atoms with Gasteiger partial charge < -0.3 is 5.32 Å². The third-order valence-electron chi connectivity index (χ3n) is 2.79. The van der Waals surface area contributed by atoms with Gasteiger partial charge in [-0.1, -0.05) is 22.0 Å². The molecule has 6 nitrogen and oxygen atoms in total. The molecule has 2 amide bonds. The quantitative estimate of drug-likeness (QED) is 0.830. The monoisotopic (exact) mass is 396 g/mol. The first-order chi connectivity index (χ1) is 10.8. The van der Waals surface area contributed by atoms with Gasteiger partial charge in [-0.25, -0.2) is 13.1 Å². The van der Waals surface area contributed by atoms with Crippen LogP contribution in [0.2, 0.25) is 0 Å². The number of carbonyl (C=O) groups is 2. The molecule has 0 fully saturated rings. The first-order valence-electron chi connectivity index (χ1n) is 6.48. The summed E-state index contributed by atoms with van der Waals surface area (Å²) in [7, 11) is -3.88. The fraction of sp³-hybridized carbons (Fsp3) is 0.0667. The van der Waals surface area contributed by atoms with Crippen LogP contribution in [0, 0.1) is 0 Å². The number of rotatable bonds is 4. The summed E-state index contributed by atoms with van der Waals surface area (Å²) in [6.07, 6.45) is 0. The second-order valence-electron chi connectivity index (χ2n) is 4.65. The minimum Gasteiger partial charge on any atom is -0.322 e. The highest BCUT2D eigenvalue weighted by Crippen LogP contribution is 2.16. The molecule has 0 saturated heterocycles. The largest absolute Gasteiger partial charge is 0.322 e. The van der Waals surface area contributed by atoms with Gasteiger partial charge in [0.1, 0.15) is 0 Å². The Labute approximate surface area is 142 Å². The molecule has 0 aromatic heterocycles. The van der Waals surface area contributed by atoms with Crippen molar-refractivity contribution in [3.63, 3.8) is 0 Å². The van der Waals surface area contributed by atoms with Crippen LogP contribution in [-0.2, 0) is 14.8 Å². The fourth-order valence-electron chi connectivity index (χ4n) is 1.80. The van der Waals surface area contributed by atoms with Gasteiger partial charge in [0.25, 0.3) is 15.9 Å². The molecular weight excluding hydrogens is 384 g/mol. The number of carbonyl (C=O) groups excluding carboxylic acids is 2. The van der Waals surface area contributed by atoms with E-state index < -0.39 is 15.9 Å². The lowest BCUT2D eigenvalue weighted by molar-refractivity contribution is -0.117. The van der Waals surface area contributed by atoms with E-state index in [2.05, 4.69) is 21.2 Å². The van der Waals surface area contributed by atoms with Crippen molar-refractivity contribution in [2.45, 2.75) is 11.8 Å². The van der Waals surface area contributed by atoms with Crippen molar-refractivity contribution in [3.05, 3.63) is 58.6 Å². The maximum atomic E-state index is 12.1. The van der Waals surface area contributed by atoms with E-state index in [4.69, 9.17) is 0 Å². The lowest BCUT2D eigenvalue weighted by Gasteiger charge is -2.08. The third-order valence-corrected chi connectivity index (χ3v) is 4.73. The van der Waals surface area contributed by atoms with Gasteiger partial charge in [-0.05, 0) is 42.5 Å². The predicted molar refractivity (Wildman–Crippen MR) is 89.5 cm³/mol. The third kappa shape index (κ3) is 4.64. The maximum Gasteiger partial charge on any atom is 0.264 e. The molecule has 2 rings (SSSR count). The van der Waals surface area contributed by atoms with E-state index in [0.29, 0.717) is 11.3 Å². The van der Waals surface area contributed by atoms with Gasteiger partial charge in [-0.15, -0.1) is 0 Å². The van der Waals surface area contributed by atoms with Crippen LogP contribution in [0.1, 0.15) is 17.3 Å². The molecule has 2 aromatic carbocycles. The second kappa shape index (κ2) is 6.93. The summed E-state index contributed by atoms with van der Waals surface area (Å²) in [6, 6.07) is 12.4. The van der Waals surface area contributed by atoms with Gasteiger partial charge in [0.05, 0.1) is 4.90 Å². The Kier molecular flexibility index (Phi) is 5.17. The fourth-order valence-corrected chi connectivity index (χ4v) is 3.19. The van der Waals surface area contributed by atoms with E-state index in [0.717, 1.165) is 11.4 Å². The van der Waals surface area contributed by atoms with Crippen LogP contribution in [0.15, 0.2) is 57.9 Å². The van der Waals surface area contributed by atoms with E-state index in [-0.39, 0.29) is 10.8 Å². The van der Waals surface area contributed by atoms with Crippen LogP contribution in [-0.4, -0.2) is 20.2 Å². The molecule has 0 saturated carbocycles. The number of halogens is 1. The topological polar surface area (TPSA) is 92.3 Å². The smallest absolute Gasteiger partial charge is 0.264 e. The molecule has 0 aliphatic heterocycles. The number of benzene rings is 2. The maximum absolute atomic E-state index is 12.1. The first kappa shape index (κ1) is 17.2. The number of nitrogens with one attached hydrogen (secondary N) is 2. The molecule has 0 aliphatic carbocycles. The second-order valence-corrected chi connectivity index (χ2v) is 7.25. The average molecular weight is 397 g/mol. The molecule has 2 N–H and O–H groups in total. The Morgan fingerprint density at radius 3 is 2.26 bits per heavy atom. The molecule has 0 atom stereocenters. The van der Waals surface area contributed by atoms with Crippen molar-refractivity contribution >= 4 is 43.5 Å². The van der Waals surface area contributed by atoms with E-state index in [1.807, 2.05) is 4.72 Å². The minimum absolute atomic E-state index is 0.0619. The molecule has 2 aromatic rings. The zero-order chi connectivity index (χ0) is 17.0. The predicted octanol–water partition coefficient (Wildman–Crippen LogP) is 2.53.